The summed E-state index contributed by atoms with van der Waals surface area (Å²) in [6, 6.07) is 1.60. The molecule has 1 N–H and O–H groups in total. The molecule has 0 atom stereocenters. The highest BCUT2D eigenvalue weighted by atomic mass is 16.5. The molecule has 2 aromatic rings. The number of hydrogen-bond donors (Lipinski definition) is 1. The van der Waals surface area contributed by atoms with E-state index in [1.165, 1.54) is 6.26 Å². The molecule has 3 rings (SSSR count). The third-order valence-corrected chi connectivity index (χ3v) is 3.22. The van der Waals surface area contributed by atoms with Gasteiger partial charge in [-0.2, -0.15) is 0 Å². The maximum absolute atomic E-state index is 12.2. The van der Waals surface area contributed by atoms with Crippen LogP contribution in [0.4, 0.5) is 5.82 Å². The lowest BCUT2D eigenvalue weighted by atomic mass is 10.0. The summed E-state index contributed by atoms with van der Waals surface area (Å²) in [5.41, 5.74) is 0.550. The largest absolute Gasteiger partial charge is 0.468 e. The Morgan fingerprint density at radius 2 is 2.30 bits per heavy atom. The molecule has 7 nitrogen and oxygen atoms in total. The predicted molar refractivity (Wildman–Crippen MR) is 68.6 cm³/mol. The number of furan rings is 1. The van der Waals surface area contributed by atoms with Crippen LogP contribution in [0.3, 0.4) is 0 Å². The summed E-state index contributed by atoms with van der Waals surface area (Å²) in [4.78, 5) is 25.9. The van der Waals surface area contributed by atoms with E-state index in [9.17, 15) is 9.59 Å². The van der Waals surface area contributed by atoms with Crippen LogP contribution in [0.5, 0.6) is 0 Å². The smallest absolute Gasteiger partial charge is 0.260 e. The zero-order valence-corrected chi connectivity index (χ0v) is 11.1. The highest BCUT2D eigenvalue weighted by molar-refractivity contribution is 6.12. The summed E-state index contributed by atoms with van der Waals surface area (Å²) in [5.74, 6) is 0.799. The molecule has 0 saturated carbocycles. The Morgan fingerprint density at radius 1 is 1.50 bits per heavy atom. The molecule has 20 heavy (non-hydrogen) atoms. The number of nitrogens with zero attached hydrogens (tertiary/aromatic N) is 2. The summed E-state index contributed by atoms with van der Waals surface area (Å²) >= 11 is 0. The van der Waals surface area contributed by atoms with Gasteiger partial charge in [0.25, 0.3) is 11.8 Å². The Hall–Kier alpha value is -2.57. The van der Waals surface area contributed by atoms with Crippen molar-refractivity contribution in [2.75, 3.05) is 18.9 Å². The van der Waals surface area contributed by atoms with E-state index in [4.69, 9.17) is 8.94 Å². The van der Waals surface area contributed by atoms with Gasteiger partial charge < -0.3 is 19.2 Å². The van der Waals surface area contributed by atoms with Gasteiger partial charge in [-0.15, -0.1) is 0 Å². The fraction of sp³-hybridized carbons (Fsp3) is 0.308. The van der Waals surface area contributed by atoms with Crippen molar-refractivity contribution in [2.24, 2.45) is 0 Å². The molecule has 0 radical (unpaired) electrons. The number of rotatable bonds is 2. The molecule has 0 unspecified atom stereocenters. The van der Waals surface area contributed by atoms with E-state index < -0.39 is 5.91 Å². The Bertz CT molecular complexity index is 686. The first-order valence-corrected chi connectivity index (χ1v) is 6.17. The number of carbonyl (C=O) groups is 2. The third-order valence-electron chi connectivity index (χ3n) is 3.22. The zero-order valence-electron chi connectivity index (χ0n) is 11.1. The molecule has 0 spiro atoms. The molecule has 3 heterocycles. The van der Waals surface area contributed by atoms with Gasteiger partial charge in [-0.05, 0) is 6.92 Å². The first kappa shape index (κ1) is 12.5. The highest BCUT2D eigenvalue weighted by Crippen LogP contribution is 2.24. The maximum Gasteiger partial charge on any atom is 0.260 e. The SMILES string of the molecule is Cc1cc(NC(=O)c2coc3c2C(=O)N(C)CC3)no1. The highest BCUT2D eigenvalue weighted by Gasteiger charge is 2.31. The van der Waals surface area contributed by atoms with Crippen molar-refractivity contribution in [2.45, 2.75) is 13.3 Å². The van der Waals surface area contributed by atoms with E-state index in [-0.39, 0.29) is 11.5 Å². The number of fused-ring (bicyclic) bond motifs is 1. The number of hydrogen-bond acceptors (Lipinski definition) is 5. The fourth-order valence-electron chi connectivity index (χ4n) is 2.15. The van der Waals surface area contributed by atoms with Crippen LogP contribution in [0, 0.1) is 6.92 Å². The Kier molecular flexibility index (Phi) is 2.81. The Labute approximate surface area is 114 Å². The number of likely N-dealkylation sites (N-methyl/N-ethyl adjacent to an activating group) is 1. The molecule has 0 saturated heterocycles. The molecule has 0 aromatic carbocycles. The molecule has 0 aliphatic carbocycles. The van der Waals surface area contributed by atoms with Crippen molar-refractivity contribution in [3.05, 3.63) is 35.0 Å². The minimum absolute atomic E-state index is 0.207. The van der Waals surface area contributed by atoms with Crippen molar-refractivity contribution >= 4 is 17.6 Å². The Balaban J connectivity index is 1.89. The minimum Gasteiger partial charge on any atom is -0.468 e. The van der Waals surface area contributed by atoms with Crippen LogP contribution in [0.25, 0.3) is 0 Å². The lowest BCUT2D eigenvalue weighted by Gasteiger charge is -2.21. The van der Waals surface area contributed by atoms with E-state index in [0.29, 0.717) is 35.9 Å². The van der Waals surface area contributed by atoms with Gasteiger partial charge in [0, 0.05) is 26.1 Å². The van der Waals surface area contributed by atoms with E-state index in [0.717, 1.165) is 0 Å². The monoisotopic (exact) mass is 275 g/mol. The summed E-state index contributed by atoms with van der Waals surface area (Å²) in [7, 11) is 1.70. The maximum atomic E-state index is 12.2. The van der Waals surface area contributed by atoms with Crippen LogP contribution in [-0.4, -0.2) is 35.5 Å². The number of amides is 2. The van der Waals surface area contributed by atoms with Crippen LogP contribution in [0.2, 0.25) is 0 Å². The predicted octanol–water partition coefficient (Wildman–Crippen LogP) is 1.46. The van der Waals surface area contributed by atoms with Crippen LogP contribution < -0.4 is 5.32 Å². The van der Waals surface area contributed by atoms with Crippen molar-refractivity contribution < 1.29 is 18.5 Å². The van der Waals surface area contributed by atoms with Gasteiger partial charge in [0.2, 0.25) is 0 Å². The molecule has 1 aliphatic rings. The van der Waals surface area contributed by atoms with E-state index in [2.05, 4.69) is 10.5 Å². The minimum atomic E-state index is -0.438. The van der Waals surface area contributed by atoms with Crippen molar-refractivity contribution in [1.29, 1.82) is 0 Å². The molecule has 104 valence electrons. The molecule has 0 fully saturated rings. The van der Waals surface area contributed by atoms with Gasteiger partial charge in [0.15, 0.2) is 5.82 Å². The van der Waals surface area contributed by atoms with Crippen molar-refractivity contribution in [3.63, 3.8) is 0 Å². The molecule has 0 bridgehead atoms. The first-order chi connectivity index (χ1) is 9.56. The molecular weight excluding hydrogens is 262 g/mol. The second kappa shape index (κ2) is 4.52. The molecular formula is C13H13N3O4. The number of nitrogens with one attached hydrogen (secondary N) is 1. The van der Waals surface area contributed by atoms with E-state index >= 15 is 0 Å². The average molecular weight is 275 g/mol. The number of aryl methyl sites for hydroxylation is 1. The molecule has 2 amide bonds. The molecule has 2 aromatic heterocycles. The first-order valence-electron chi connectivity index (χ1n) is 6.17. The van der Waals surface area contributed by atoms with Crippen LogP contribution in [0.1, 0.15) is 32.2 Å². The normalized spacial score (nSPS) is 14.3. The zero-order chi connectivity index (χ0) is 14.3. The van der Waals surface area contributed by atoms with Gasteiger partial charge in [0.05, 0.1) is 11.1 Å². The number of aromatic nitrogens is 1. The molecule has 7 heteroatoms. The number of anilines is 1. The number of carbonyl (C=O) groups excluding carboxylic acids is 2. The standard InChI is InChI=1S/C13H13N3O4/c1-7-5-10(15-20-7)14-12(17)8-6-19-9-3-4-16(2)13(18)11(8)9/h5-6H,3-4H2,1-2H3,(H,14,15,17). The van der Waals surface area contributed by atoms with Crippen LogP contribution in [0.15, 0.2) is 21.3 Å². The second-order valence-corrected chi connectivity index (χ2v) is 4.70. The van der Waals surface area contributed by atoms with Gasteiger partial charge >= 0.3 is 0 Å². The van der Waals surface area contributed by atoms with Gasteiger partial charge in [0.1, 0.15) is 17.8 Å². The van der Waals surface area contributed by atoms with Crippen molar-refractivity contribution in [1.82, 2.24) is 10.1 Å². The van der Waals surface area contributed by atoms with Crippen LogP contribution >= 0.6 is 0 Å². The van der Waals surface area contributed by atoms with Gasteiger partial charge in [-0.25, -0.2) is 0 Å². The summed E-state index contributed by atoms with van der Waals surface area (Å²) in [6.45, 7) is 2.31. The third kappa shape index (κ3) is 1.97. The topological polar surface area (TPSA) is 88.6 Å². The average Bonchev–Trinajstić information content (AvgIpc) is 3.00. The summed E-state index contributed by atoms with van der Waals surface area (Å²) < 4.78 is 10.2. The lowest BCUT2D eigenvalue weighted by Crippen LogP contribution is -2.34. The second-order valence-electron chi connectivity index (χ2n) is 4.70. The van der Waals surface area contributed by atoms with Gasteiger partial charge in [-0.1, -0.05) is 5.16 Å². The van der Waals surface area contributed by atoms with Crippen molar-refractivity contribution in [3.8, 4) is 0 Å². The summed E-state index contributed by atoms with van der Waals surface area (Å²) in [5, 5.41) is 6.25. The molecule has 1 aliphatic heterocycles. The van der Waals surface area contributed by atoms with Gasteiger partial charge in [-0.3, -0.25) is 9.59 Å². The quantitative estimate of drug-likeness (QED) is 0.896. The van der Waals surface area contributed by atoms with Crippen LogP contribution in [-0.2, 0) is 6.42 Å². The Morgan fingerprint density at radius 3 is 3.00 bits per heavy atom. The van der Waals surface area contributed by atoms with E-state index in [1.807, 2.05) is 0 Å². The lowest BCUT2D eigenvalue weighted by molar-refractivity contribution is 0.0770. The van der Waals surface area contributed by atoms with E-state index in [1.54, 1.807) is 24.9 Å². The summed E-state index contributed by atoms with van der Waals surface area (Å²) in [6.07, 6.45) is 1.91. The fourth-order valence-corrected chi connectivity index (χ4v) is 2.15.